The van der Waals surface area contributed by atoms with Crippen molar-refractivity contribution in [1.82, 2.24) is 0 Å². The lowest BCUT2D eigenvalue weighted by molar-refractivity contribution is -0.200. The Morgan fingerprint density at radius 2 is 1.45 bits per heavy atom. The van der Waals surface area contributed by atoms with Crippen molar-refractivity contribution in [3.05, 3.63) is 70.3 Å². The predicted molar refractivity (Wildman–Crippen MR) is 73.4 cm³/mol. The highest BCUT2D eigenvalue weighted by atomic mass is 16.7. The fourth-order valence-corrected chi connectivity index (χ4v) is 2.47. The van der Waals surface area contributed by atoms with E-state index in [2.05, 4.69) is 4.74 Å². The van der Waals surface area contributed by atoms with E-state index in [1.54, 1.807) is 18.2 Å². The Labute approximate surface area is 124 Å². The van der Waals surface area contributed by atoms with Gasteiger partial charge in [0.15, 0.2) is 11.6 Å². The van der Waals surface area contributed by atoms with E-state index in [1.165, 1.54) is 24.3 Å². The second-order valence-corrected chi connectivity index (χ2v) is 4.66. The third-order valence-electron chi connectivity index (χ3n) is 3.38. The minimum absolute atomic E-state index is 0.0862. The van der Waals surface area contributed by atoms with Crippen LogP contribution in [0.2, 0.25) is 0 Å². The molecule has 0 aliphatic heterocycles. The van der Waals surface area contributed by atoms with Gasteiger partial charge < -0.3 is 14.9 Å². The van der Waals surface area contributed by atoms with E-state index in [-0.39, 0.29) is 33.6 Å². The van der Waals surface area contributed by atoms with Crippen LogP contribution in [0.4, 0.5) is 0 Å². The lowest BCUT2D eigenvalue weighted by atomic mass is 9.82. The molecule has 0 saturated carbocycles. The number of aliphatic hydroxyl groups excluding tert-OH is 1. The van der Waals surface area contributed by atoms with E-state index >= 15 is 0 Å². The number of ether oxygens (including phenoxy) is 1. The average molecular weight is 298 g/mol. The number of benzene rings is 2. The summed E-state index contributed by atoms with van der Waals surface area (Å²) in [7, 11) is 0. The van der Waals surface area contributed by atoms with Crippen LogP contribution in [0.3, 0.4) is 0 Å². The zero-order chi connectivity index (χ0) is 15.9. The van der Waals surface area contributed by atoms with Crippen LogP contribution in [0.25, 0.3) is 0 Å². The van der Waals surface area contributed by atoms with Crippen molar-refractivity contribution in [3.8, 4) is 0 Å². The molecule has 0 amide bonds. The van der Waals surface area contributed by atoms with E-state index in [4.69, 9.17) is 10.2 Å². The van der Waals surface area contributed by atoms with Gasteiger partial charge in [0.25, 0.3) is 0 Å². The Bertz CT molecular complexity index is 806. The molecule has 0 bridgehead atoms. The lowest BCUT2D eigenvalue weighted by Crippen LogP contribution is -2.25. The molecule has 3 rings (SSSR count). The summed E-state index contributed by atoms with van der Waals surface area (Å²) in [5, 5.41) is 17.4. The number of hydrogen-bond donors (Lipinski definition) is 2. The van der Waals surface area contributed by atoms with Gasteiger partial charge in [-0.25, -0.2) is 4.79 Å². The molecule has 6 heteroatoms. The van der Waals surface area contributed by atoms with Gasteiger partial charge in [-0.2, -0.15) is 0 Å². The van der Waals surface area contributed by atoms with Gasteiger partial charge >= 0.3 is 12.4 Å². The van der Waals surface area contributed by atoms with Crippen LogP contribution in [0.15, 0.2) is 42.5 Å². The predicted octanol–water partition coefficient (Wildman–Crippen LogP) is 0.887. The zero-order valence-electron chi connectivity index (χ0n) is 11.1. The molecule has 0 fully saturated rings. The lowest BCUT2D eigenvalue weighted by Gasteiger charge is -2.19. The molecular weight excluding hydrogens is 288 g/mol. The maximum atomic E-state index is 12.6. The highest BCUT2D eigenvalue weighted by Gasteiger charge is 2.33. The average Bonchev–Trinajstić information content (AvgIpc) is 2.51. The highest BCUT2D eigenvalue weighted by Crippen LogP contribution is 2.29. The molecule has 6 nitrogen and oxygen atoms in total. The van der Waals surface area contributed by atoms with Crippen molar-refractivity contribution >= 4 is 17.5 Å². The molecule has 0 unspecified atom stereocenters. The summed E-state index contributed by atoms with van der Waals surface area (Å²) in [5.74, 6) is -1.94. The molecule has 22 heavy (non-hydrogen) atoms. The Hall–Kier alpha value is -2.83. The molecule has 0 spiro atoms. The van der Waals surface area contributed by atoms with E-state index in [9.17, 15) is 14.4 Å². The van der Waals surface area contributed by atoms with E-state index in [0.29, 0.717) is 0 Å². The van der Waals surface area contributed by atoms with Crippen molar-refractivity contribution in [2.45, 2.75) is 6.48 Å². The largest absolute Gasteiger partial charge is 0.407 e. The molecule has 0 saturated heterocycles. The summed E-state index contributed by atoms with van der Waals surface area (Å²) >= 11 is 0. The van der Waals surface area contributed by atoms with Gasteiger partial charge in [-0.15, -0.1) is 0 Å². The fourth-order valence-electron chi connectivity index (χ4n) is 2.47. The Kier molecular flexibility index (Phi) is 3.32. The topological polar surface area (TPSA) is 101 Å². The smallest absolute Gasteiger partial charge is 0.342 e. The maximum Gasteiger partial charge on any atom is 0.342 e. The molecule has 0 heterocycles. The minimum atomic E-state index is -2.30. The van der Waals surface area contributed by atoms with Crippen molar-refractivity contribution in [1.29, 1.82) is 0 Å². The van der Waals surface area contributed by atoms with Crippen LogP contribution in [-0.4, -0.2) is 34.2 Å². The zero-order valence-corrected chi connectivity index (χ0v) is 11.1. The summed E-state index contributed by atoms with van der Waals surface area (Å²) in [6.07, 6.45) is 0. The first kappa shape index (κ1) is 14.1. The van der Waals surface area contributed by atoms with E-state index in [1.807, 2.05) is 0 Å². The van der Waals surface area contributed by atoms with Crippen molar-refractivity contribution in [3.63, 3.8) is 0 Å². The van der Waals surface area contributed by atoms with Crippen molar-refractivity contribution < 1.29 is 29.3 Å². The summed E-state index contributed by atoms with van der Waals surface area (Å²) in [6, 6.07) is 10.5. The standard InChI is InChI=1S/C16H10O6/c17-13-8-4-1-2-5-9(8)14(18)12-10(13)6-3-7-11(12)15(19)22-16(20)21/h1-7,16,20-21H. The van der Waals surface area contributed by atoms with Gasteiger partial charge in [-0.1, -0.05) is 36.4 Å². The van der Waals surface area contributed by atoms with Crippen molar-refractivity contribution in [2.24, 2.45) is 0 Å². The highest BCUT2D eigenvalue weighted by molar-refractivity contribution is 6.30. The van der Waals surface area contributed by atoms with Gasteiger partial charge in [-0.3, -0.25) is 9.59 Å². The quantitative estimate of drug-likeness (QED) is 0.538. The Balaban J connectivity index is 2.19. The Morgan fingerprint density at radius 3 is 2.09 bits per heavy atom. The maximum absolute atomic E-state index is 12.6. The molecule has 110 valence electrons. The number of hydrogen-bond acceptors (Lipinski definition) is 6. The molecule has 0 aromatic heterocycles. The number of fused-ring (bicyclic) bond motifs is 2. The molecule has 2 aromatic carbocycles. The number of esters is 1. The van der Waals surface area contributed by atoms with Gasteiger partial charge in [0.2, 0.25) is 0 Å². The first-order valence-electron chi connectivity index (χ1n) is 6.39. The Morgan fingerprint density at radius 1 is 0.864 bits per heavy atom. The van der Waals surface area contributed by atoms with Gasteiger partial charge in [-0.05, 0) is 6.07 Å². The van der Waals surface area contributed by atoms with E-state index < -0.39 is 18.2 Å². The minimum Gasteiger partial charge on any atom is -0.407 e. The number of rotatable bonds is 2. The number of carbonyl (C=O) groups excluding carboxylic acids is 3. The van der Waals surface area contributed by atoms with Gasteiger partial charge in [0.1, 0.15) is 0 Å². The third kappa shape index (κ3) is 2.11. The first-order valence-corrected chi connectivity index (χ1v) is 6.39. The van der Waals surface area contributed by atoms with Gasteiger partial charge in [0, 0.05) is 22.3 Å². The molecule has 1 aliphatic rings. The van der Waals surface area contributed by atoms with E-state index in [0.717, 1.165) is 0 Å². The summed E-state index contributed by atoms with van der Waals surface area (Å²) in [6.45, 7) is -2.30. The SMILES string of the molecule is O=C(OC(O)O)c1cccc2c1C(=O)c1ccccc1C2=O. The van der Waals surface area contributed by atoms with Crippen LogP contribution in [0, 0.1) is 0 Å². The number of carbonyl (C=O) groups is 3. The molecule has 1 aliphatic carbocycles. The summed E-state index contributed by atoms with van der Waals surface area (Å²) < 4.78 is 4.28. The van der Waals surface area contributed by atoms with Crippen LogP contribution in [-0.2, 0) is 4.74 Å². The molecule has 2 aromatic rings. The van der Waals surface area contributed by atoms with Gasteiger partial charge in [0.05, 0.1) is 5.56 Å². The molecule has 0 atom stereocenters. The first-order chi connectivity index (χ1) is 10.5. The summed E-state index contributed by atoms with van der Waals surface area (Å²) in [5.41, 5.74) is 0.290. The second-order valence-electron chi connectivity index (χ2n) is 4.66. The van der Waals surface area contributed by atoms with Crippen LogP contribution in [0.5, 0.6) is 0 Å². The number of aliphatic hydroxyl groups is 2. The number of ketones is 2. The molecule has 0 radical (unpaired) electrons. The van der Waals surface area contributed by atoms with Crippen LogP contribution < -0.4 is 0 Å². The van der Waals surface area contributed by atoms with Crippen LogP contribution >= 0.6 is 0 Å². The second kappa shape index (κ2) is 5.18. The molecule has 2 N–H and O–H groups in total. The third-order valence-corrected chi connectivity index (χ3v) is 3.38. The van der Waals surface area contributed by atoms with Crippen LogP contribution in [0.1, 0.15) is 42.2 Å². The fraction of sp³-hybridized carbons (Fsp3) is 0.0625. The van der Waals surface area contributed by atoms with Crippen molar-refractivity contribution in [2.75, 3.05) is 0 Å². The summed E-state index contributed by atoms with van der Waals surface area (Å²) in [4.78, 5) is 36.9. The normalized spacial score (nSPS) is 12.9. The monoisotopic (exact) mass is 298 g/mol. The molecular formula is C16H10O6.